The standard InChI is InChI=1S/C18H20N4O2/c1-11-5-7-14(8-6-11)17-9-16(21-24-17)18(23)19-12(2)15-10-22(4)20-13(15)3/h5-10,12H,1-4H3,(H,19,23)/t12-/m0/s1. The molecule has 124 valence electrons. The fraction of sp³-hybridized carbons (Fsp3) is 0.278. The van der Waals surface area contributed by atoms with Crippen LogP contribution in [0.2, 0.25) is 0 Å². The Bertz CT molecular complexity index is 862. The van der Waals surface area contributed by atoms with Crippen molar-refractivity contribution in [1.82, 2.24) is 20.3 Å². The predicted octanol–water partition coefficient (Wildman–Crippen LogP) is 3.18. The molecule has 1 atom stereocenters. The van der Waals surface area contributed by atoms with Crippen molar-refractivity contribution in [3.8, 4) is 11.3 Å². The van der Waals surface area contributed by atoms with Gasteiger partial charge in [-0.3, -0.25) is 9.48 Å². The molecule has 2 heterocycles. The highest BCUT2D eigenvalue weighted by Gasteiger charge is 2.18. The van der Waals surface area contributed by atoms with Crippen LogP contribution in [-0.2, 0) is 7.05 Å². The van der Waals surface area contributed by atoms with E-state index >= 15 is 0 Å². The van der Waals surface area contributed by atoms with E-state index in [-0.39, 0.29) is 17.6 Å². The Labute approximate surface area is 140 Å². The number of hydrogen-bond acceptors (Lipinski definition) is 4. The summed E-state index contributed by atoms with van der Waals surface area (Å²) in [5.74, 6) is 0.304. The van der Waals surface area contributed by atoms with Gasteiger partial charge in [-0.2, -0.15) is 5.10 Å². The number of benzene rings is 1. The van der Waals surface area contributed by atoms with Crippen LogP contribution in [0.5, 0.6) is 0 Å². The van der Waals surface area contributed by atoms with Gasteiger partial charge >= 0.3 is 0 Å². The molecule has 6 nitrogen and oxygen atoms in total. The molecule has 0 fully saturated rings. The van der Waals surface area contributed by atoms with Crippen LogP contribution in [0, 0.1) is 13.8 Å². The lowest BCUT2D eigenvalue weighted by Crippen LogP contribution is -2.27. The number of nitrogens with one attached hydrogen (secondary N) is 1. The zero-order valence-electron chi connectivity index (χ0n) is 14.2. The first kappa shape index (κ1) is 16.0. The van der Waals surface area contributed by atoms with Gasteiger partial charge in [0.2, 0.25) is 0 Å². The maximum absolute atomic E-state index is 12.4. The Kier molecular flexibility index (Phi) is 4.20. The number of carbonyl (C=O) groups excluding carboxylic acids is 1. The average molecular weight is 324 g/mol. The first-order chi connectivity index (χ1) is 11.4. The SMILES string of the molecule is Cc1ccc(-c2cc(C(=O)N[C@@H](C)c3cn(C)nc3C)no2)cc1. The van der Waals surface area contributed by atoms with Crippen molar-refractivity contribution in [3.63, 3.8) is 0 Å². The van der Waals surface area contributed by atoms with E-state index in [9.17, 15) is 4.79 Å². The fourth-order valence-electron chi connectivity index (χ4n) is 2.63. The van der Waals surface area contributed by atoms with E-state index in [1.165, 1.54) is 0 Å². The molecule has 0 aliphatic carbocycles. The van der Waals surface area contributed by atoms with Crippen LogP contribution in [0.15, 0.2) is 41.1 Å². The van der Waals surface area contributed by atoms with Gasteiger partial charge in [0.15, 0.2) is 11.5 Å². The zero-order valence-corrected chi connectivity index (χ0v) is 14.2. The van der Waals surface area contributed by atoms with E-state index in [0.29, 0.717) is 5.76 Å². The molecule has 0 aliphatic rings. The van der Waals surface area contributed by atoms with Gasteiger partial charge in [0.1, 0.15) is 0 Å². The highest BCUT2D eigenvalue weighted by Crippen LogP contribution is 2.21. The first-order valence-electron chi connectivity index (χ1n) is 7.79. The number of carbonyl (C=O) groups is 1. The second-order valence-electron chi connectivity index (χ2n) is 5.98. The number of hydrogen-bond donors (Lipinski definition) is 1. The molecule has 0 radical (unpaired) electrons. The summed E-state index contributed by atoms with van der Waals surface area (Å²) in [4.78, 5) is 12.4. The molecule has 2 aromatic heterocycles. The molecule has 1 aromatic carbocycles. The van der Waals surface area contributed by atoms with Gasteiger partial charge in [0, 0.05) is 30.4 Å². The van der Waals surface area contributed by atoms with Gasteiger partial charge in [0.05, 0.1) is 11.7 Å². The summed E-state index contributed by atoms with van der Waals surface area (Å²) in [5.41, 5.74) is 4.19. The minimum atomic E-state index is -0.270. The molecule has 0 bridgehead atoms. The third-order valence-electron chi connectivity index (χ3n) is 3.94. The molecular formula is C18H20N4O2. The first-order valence-corrected chi connectivity index (χ1v) is 7.79. The molecule has 0 unspecified atom stereocenters. The Balaban J connectivity index is 1.74. The zero-order chi connectivity index (χ0) is 17.3. The molecule has 0 saturated heterocycles. The number of rotatable bonds is 4. The van der Waals surface area contributed by atoms with Gasteiger partial charge in [-0.15, -0.1) is 0 Å². The molecule has 24 heavy (non-hydrogen) atoms. The number of amides is 1. The van der Waals surface area contributed by atoms with E-state index in [1.54, 1.807) is 10.7 Å². The number of nitrogens with zero attached hydrogens (tertiary/aromatic N) is 3. The lowest BCUT2D eigenvalue weighted by Gasteiger charge is -2.11. The molecule has 0 spiro atoms. The largest absolute Gasteiger partial charge is 0.355 e. The summed E-state index contributed by atoms with van der Waals surface area (Å²) >= 11 is 0. The Morgan fingerprint density at radius 1 is 1.25 bits per heavy atom. The van der Waals surface area contributed by atoms with Crippen molar-refractivity contribution in [2.45, 2.75) is 26.8 Å². The lowest BCUT2D eigenvalue weighted by molar-refractivity contribution is 0.0930. The minimum Gasteiger partial charge on any atom is -0.355 e. The van der Waals surface area contributed by atoms with Gasteiger partial charge in [-0.25, -0.2) is 0 Å². The molecule has 0 aliphatic heterocycles. The van der Waals surface area contributed by atoms with E-state index in [0.717, 1.165) is 22.4 Å². The topological polar surface area (TPSA) is 73.0 Å². The van der Waals surface area contributed by atoms with Crippen molar-refractivity contribution in [1.29, 1.82) is 0 Å². The molecule has 6 heteroatoms. The van der Waals surface area contributed by atoms with Crippen molar-refractivity contribution >= 4 is 5.91 Å². The van der Waals surface area contributed by atoms with Crippen LogP contribution in [0.3, 0.4) is 0 Å². The van der Waals surface area contributed by atoms with E-state index < -0.39 is 0 Å². The third-order valence-corrected chi connectivity index (χ3v) is 3.94. The summed E-state index contributed by atoms with van der Waals surface area (Å²) in [7, 11) is 1.86. The Hall–Kier alpha value is -2.89. The number of aromatic nitrogens is 3. The Morgan fingerprint density at radius 2 is 1.96 bits per heavy atom. The van der Waals surface area contributed by atoms with E-state index in [4.69, 9.17) is 4.52 Å². The molecule has 1 amide bonds. The second kappa shape index (κ2) is 6.31. The van der Waals surface area contributed by atoms with Crippen LogP contribution < -0.4 is 5.32 Å². The molecule has 3 rings (SSSR count). The maximum atomic E-state index is 12.4. The lowest BCUT2D eigenvalue weighted by atomic mass is 10.1. The summed E-state index contributed by atoms with van der Waals surface area (Å²) in [6, 6.07) is 9.36. The van der Waals surface area contributed by atoms with E-state index in [2.05, 4.69) is 15.6 Å². The quantitative estimate of drug-likeness (QED) is 0.800. The van der Waals surface area contributed by atoms with E-state index in [1.807, 2.05) is 58.3 Å². The van der Waals surface area contributed by atoms with Crippen LogP contribution in [0.25, 0.3) is 11.3 Å². The van der Waals surface area contributed by atoms with Crippen molar-refractivity contribution < 1.29 is 9.32 Å². The maximum Gasteiger partial charge on any atom is 0.273 e. The smallest absolute Gasteiger partial charge is 0.273 e. The predicted molar refractivity (Wildman–Crippen MR) is 90.5 cm³/mol. The second-order valence-corrected chi connectivity index (χ2v) is 5.98. The normalized spacial score (nSPS) is 12.2. The molecular weight excluding hydrogens is 304 g/mol. The Morgan fingerprint density at radius 3 is 2.58 bits per heavy atom. The molecule has 3 aromatic rings. The molecule has 1 N–H and O–H groups in total. The van der Waals surface area contributed by atoms with Gasteiger partial charge in [0.25, 0.3) is 5.91 Å². The van der Waals surface area contributed by atoms with Crippen LogP contribution in [0.1, 0.15) is 40.3 Å². The minimum absolute atomic E-state index is 0.161. The van der Waals surface area contributed by atoms with Crippen molar-refractivity contribution in [2.75, 3.05) is 0 Å². The summed E-state index contributed by atoms with van der Waals surface area (Å²) in [5, 5.41) is 11.1. The van der Waals surface area contributed by atoms with Crippen LogP contribution >= 0.6 is 0 Å². The molecule has 0 saturated carbocycles. The average Bonchev–Trinajstić information content (AvgIpc) is 3.14. The van der Waals surface area contributed by atoms with Crippen LogP contribution in [0.4, 0.5) is 0 Å². The van der Waals surface area contributed by atoms with Gasteiger partial charge in [-0.05, 0) is 20.8 Å². The summed E-state index contributed by atoms with van der Waals surface area (Å²) < 4.78 is 7.03. The third kappa shape index (κ3) is 3.22. The number of aryl methyl sites for hydroxylation is 3. The summed E-state index contributed by atoms with van der Waals surface area (Å²) in [6.45, 7) is 5.86. The van der Waals surface area contributed by atoms with Gasteiger partial charge in [-0.1, -0.05) is 35.0 Å². The van der Waals surface area contributed by atoms with Gasteiger partial charge < -0.3 is 9.84 Å². The van der Waals surface area contributed by atoms with Crippen molar-refractivity contribution in [3.05, 3.63) is 59.0 Å². The highest BCUT2D eigenvalue weighted by atomic mass is 16.5. The fourth-order valence-corrected chi connectivity index (χ4v) is 2.63. The highest BCUT2D eigenvalue weighted by molar-refractivity contribution is 5.93. The monoisotopic (exact) mass is 324 g/mol. The van der Waals surface area contributed by atoms with Crippen LogP contribution in [-0.4, -0.2) is 20.8 Å². The van der Waals surface area contributed by atoms with Crippen molar-refractivity contribution in [2.24, 2.45) is 7.05 Å². The summed E-state index contributed by atoms with van der Waals surface area (Å²) in [6.07, 6.45) is 1.90.